The zero-order valence-electron chi connectivity index (χ0n) is 6.88. The molecule has 2 rings (SSSR count). The Balaban J connectivity index is 2.12. The summed E-state index contributed by atoms with van der Waals surface area (Å²) in [5.74, 6) is -0.419. The van der Waals surface area contributed by atoms with E-state index in [0.717, 1.165) is 5.56 Å². The second kappa shape index (κ2) is 3.26. The van der Waals surface area contributed by atoms with Gasteiger partial charge in [0.05, 0.1) is 0 Å². The number of hydrogen-bond acceptors (Lipinski definition) is 0. The van der Waals surface area contributed by atoms with Crippen LogP contribution in [-0.4, -0.2) is 6.43 Å². The summed E-state index contributed by atoms with van der Waals surface area (Å²) in [4.78, 5) is 0. The van der Waals surface area contributed by atoms with Crippen molar-refractivity contribution in [2.45, 2.75) is 18.8 Å². The van der Waals surface area contributed by atoms with E-state index in [1.807, 2.05) is 6.07 Å². The fourth-order valence-electron chi connectivity index (χ4n) is 1.61. The van der Waals surface area contributed by atoms with Gasteiger partial charge in [-0.2, -0.15) is 0 Å². The third kappa shape index (κ3) is 1.83. The van der Waals surface area contributed by atoms with E-state index in [0.29, 0.717) is 11.4 Å². The van der Waals surface area contributed by atoms with Crippen LogP contribution in [0.25, 0.3) is 0 Å². The summed E-state index contributed by atoms with van der Waals surface area (Å²) >= 11 is 5.76. The monoisotopic (exact) mass is 202 g/mol. The average Bonchev–Trinajstić information content (AvgIpc) is 2.82. The molecule has 0 N–H and O–H groups in total. The van der Waals surface area contributed by atoms with Gasteiger partial charge < -0.3 is 0 Å². The molecule has 13 heavy (non-hydrogen) atoms. The van der Waals surface area contributed by atoms with Crippen LogP contribution in [0.2, 0.25) is 5.02 Å². The van der Waals surface area contributed by atoms with E-state index in [1.165, 1.54) is 0 Å². The number of hydrogen-bond donors (Lipinski definition) is 0. The van der Waals surface area contributed by atoms with Crippen molar-refractivity contribution in [1.29, 1.82) is 0 Å². The van der Waals surface area contributed by atoms with E-state index in [9.17, 15) is 8.78 Å². The minimum absolute atomic E-state index is 0.0266. The predicted molar refractivity (Wildman–Crippen MR) is 48.3 cm³/mol. The first-order valence-electron chi connectivity index (χ1n) is 4.22. The highest BCUT2D eigenvalue weighted by Gasteiger charge is 2.44. The van der Waals surface area contributed by atoms with Gasteiger partial charge in [0, 0.05) is 10.9 Å². The quantitative estimate of drug-likeness (QED) is 0.686. The molecule has 3 heteroatoms. The SMILES string of the molecule is FC(F)[C@@H]1C[C@H]1c1cccc(Cl)c1. The highest BCUT2D eigenvalue weighted by molar-refractivity contribution is 6.30. The molecule has 2 atom stereocenters. The number of rotatable bonds is 2. The molecule has 0 saturated heterocycles. The summed E-state index contributed by atoms with van der Waals surface area (Å²) in [5.41, 5.74) is 0.942. The first-order chi connectivity index (χ1) is 6.18. The molecular weight excluding hydrogens is 194 g/mol. The average molecular weight is 203 g/mol. The van der Waals surface area contributed by atoms with Crippen molar-refractivity contribution in [3.63, 3.8) is 0 Å². The molecule has 1 fully saturated rings. The van der Waals surface area contributed by atoms with Crippen molar-refractivity contribution in [2.75, 3.05) is 0 Å². The maximum atomic E-state index is 12.2. The molecule has 0 heterocycles. The first kappa shape index (κ1) is 8.95. The second-order valence-corrected chi connectivity index (χ2v) is 3.83. The van der Waals surface area contributed by atoms with Crippen LogP contribution in [0.3, 0.4) is 0 Å². The lowest BCUT2D eigenvalue weighted by Gasteiger charge is -1.99. The van der Waals surface area contributed by atoms with E-state index < -0.39 is 12.3 Å². The summed E-state index contributed by atoms with van der Waals surface area (Å²) in [6, 6.07) is 7.19. The van der Waals surface area contributed by atoms with Gasteiger partial charge in [-0.1, -0.05) is 23.7 Å². The highest BCUT2D eigenvalue weighted by Crippen LogP contribution is 2.51. The van der Waals surface area contributed by atoms with E-state index in [-0.39, 0.29) is 5.92 Å². The molecule has 70 valence electrons. The zero-order chi connectivity index (χ0) is 9.42. The van der Waals surface area contributed by atoms with Crippen LogP contribution < -0.4 is 0 Å². The molecular formula is C10H9ClF2. The molecule has 0 bridgehead atoms. The van der Waals surface area contributed by atoms with Crippen LogP contribution in [0.4, 0.5) is 8.78 Å². The van der Waals surface area contributed by atoms with Crippen LogP contribution in [-0.2, 0) is 0 Å². The minimum atomic E-state index is -2.19. The summed E-state index contributed by atoms with van der Waals surface area (Å²) in [6.07, 6.45) is -1.60. The molecule has 0 amide bonds. The third-order valence-corrected chi connectivity index (χ3v) is 2.68. The van der Waals surface area contributed by atoms with Gasteiger partial charge in [0.15, 0.2) is 0 Å². The van der Waals surface area contributed by atoms with E-state index >= 15 is 0 Å². The van der Waals surface area contributed by atoms with Crippen LogP contribution in [0.15, 0.2) is 24.3 Å². The Hall–Kier alpha value is -0.630. The molecule has 1 aliphatic rings. The normalized spacial score (nSPS) is 26.5. The van der Waals surface area contributed by atoms with Crippen molar-refractivity contribution < 1.29 is 8.78 Å². The zero-order valence-corrected chi connectivity index (χ0v) is 7.64. The standard InChI is InChI=1S/C10H9ClF2/c11-7-3-1-2-6(4-7)8-5-9(8)10(12)13/h1-4,8-10H,5H2/t8-,9+/m0/s1. The number of halogens is 3. The Morgan fingerprint density at radius 1 is 1.38 bits per heavy atom. The maximum Gasteiger partial charge on any atom is 0.242 e. The lowest BCUT2D eigenvalue weighted by Crippen LogP contribution is -1.94. The topological polar surface area (TPSA) is 0 Å². The van der Waals surface area contributed by atoms with Gasteiger partial charge in [-0.25, -0.2) is 8.78 Å². The van der Waals surface area contributed by atoms with Crippen molar-refractivity contribution in [1.82, 2.24) is 0 Å². The Morgan fingerprint density at radius 3 is 2.69 bits per heavy atom. The number of benzene rings is 1. The first-order valence-corrected chi connectivity index (χ1v) is 4.60. The number of alkyl halides is 2. The van der Waals surface area contributed by atoms with E-state index in [1.54, 1.807) is 18.2 Å². The van der Waals surface area contributed by atoms with Gasteiger partial charge in [0.1, 0.15) is 0 Å². The Kier molecular flexibility index (Phi) is 2.24. The predicted octanol–water partition coefficient (Wildman–Crippen LogP) is 3.71. The summed E-state index contributed by atoms with van der Waals surface area (Å²) in [7, 11) is 0. The van der Waals surface area contributed by atoms with E-state index in [2.05, 4.69) is 0 Å². The summed E-state index contributed by atoms with van der Waals surface area (Å²) in [5, 5.41) is 0.623. The van der Waals surface area contributed by atoms with Gasteiger partial charge >= 0.3 is 0 Å². The maximum absolute atomic E-state index is 12.2. The molecule has 1 aromatic carbocycles. The highest BCUT2D eigenvalue weighted by atomic mass is 35.5. The summed E-state index contributed by atoms with van der Waals surface area (Å²) in [6.45, 7) is 0. The molecule has 0 spiro atoms. The van der Waals surface area contributed by atoms with Crippen LogP contribution in [0.1, 0.15) is 17.9 Å². The molecule has 0 unspecified atom stereocenters. The Labute approximate surface area is 80.5 Å². The Bertz CT molecular complexity index is 312. The summed E-state index contributed by atoms with van der Waals surface area (Å²) < 4.78 is 24.4. The molecule has 0 aromatic heterocycles. The van der Waals surface area contributed by atoms with Crippen LogP contribution >= 0.6 is 11.6 Å². The lowest BCUT2D eigenvalue weighted by atomic mass is 10.1. The molecule has 1 aromatic rings. The fourth-order valence-corrected chi connectivity index (χ4v) is 1.81. The van der Waals surface area contributed by atoms with Gasteiger partial charge in [-0.15, -0.1) is 0 Å². The van der Waals surface area contributed by atoms with Gasteiger partial charge in [-0.3, -0.25) is 0 Å². The van der Waals surface area contributed by atoms with Crippen molar-refractivity contribution >= 4 is 11.6 Å². The van der Waals surface area contributed by atoms with Crippen molar-refractivity contribution in [2.24, 2.45) is 5.92 Å². The second-order valence-electron chi connectivity index (χ2n) is 3.40. The van der Waals surface area contributed by atoms with Gasteiger partial charge in [-0.05, 0) is 30.0 Å². The van der Waals surface area contributed by atoms with Crippen molar-refractivity contribution in [3.8, 4) is 0 Å². The largest absolute Gasteiger partial charge is 0.242 e. The Morgan fingerprint density at radius 2 is 2.15 bits per heavy atom. The van der Waals surface area contributed by atoms with Crippen molar-refractivity contribution in [3.05, 3.63) is 34.9 Å². The molecule has 1 saturated carbocycles. The fraction of sp³-hybridized carbons (Fsp3) is 0.400. The minimum Gasteiger partial charge on any atom is -0.210 e. The molecule has 0 nitrogen and oxygen atoms in total. The van der Waals surface area contributed by atoms with Gasteiger partial charge in [0.25, 0.3) is 0 Å². The molecule has 0 aliphatic heterocycles. The van der Waals surface area contributed by atoms with Crippen LogP contribution in [0.5, 0.6) is 0 Å². The van der Waals surface area contributed by atoms with Gasteiger partial charge in [0.2, 0.25) is 6.43 Å². The lowest BCUT2D eigenvalue weighted by molar-refractivity contribution is 0.120. The smallest absolute Gasteiger partial charge is 0.210 e. The third-order valence-electron chi connectivity index (χ3n) is 2.44. The van der Waals surface area contributed by atoms with Crippen LogP contribution in [0, 0.1) is 5.92 Å². The van der Waals surface area contributed by atoms with E-state index in [4.69, 9.17) is 11.6 Å². The molecule has 1 aliphatic carbocycles. The molecule has 0 radical (unpaired) electrons.